The number of hydrogen-bond acceptors (Lipinski definition) is 5. The minimum atomic E-state index is -4.06. The molecule has 0 unspecified atom stereocenters. The van der Waals surface area contributed by atoms with Crippen molar-refractivity contribution in [2.45, 2.75) is 50.2 Å². The summed E-state index contributed by atoms with van der Waals surface area (Å²) in [4.78, 5) is 12.3. The molecular formula is C27H27F2NO5S. The summed E-state index contributed by atoms with van der Waals surface area (Å²) in [6, 6.07) is 14.0. The summed E-state index contributed by atoms with van der Waals surface area (Å²) in [5.74, 6) is -1.43. The van der Waals surface area contributed by atoms with E-state index in [1.807, 2.05) is 0 Å². The van der Waals surface area contributed by atoms with Crippen molar-refractivity contribution in [2.75, 3.05) is 10.8 Å². The number of halogens is 2. The molecule has 0 bridgehead atoms. The number of ketones is 1. The van der Waals surface area contributed by atoms with E-state index >= 15 is 0 Å². The molecule has 1 heterocycles. The molecule has 6 nitrogen and oxygen atoms in total. The fraction of sp³-hybridized carbons (Fsp3) is 0.296. The van der Waals surface area contributed by atoms with Gasteiger partial charge in [0.2, 0.25) is 0 Å². The average Bonchev–Trinajstić information content (AvgIpc) is 2.82. The summed E-state index contributed by atoms with van der Waals surface area (Å²) < 4.78 is 63.0. The van der Waals surface area contributed by atoms with Crippen molar-refractivity contribution in [3.8, 4) is 16.9 Å². The Labute approximate surface area is 209 Å². The standard InChI is InChI=1S/C27H27F2NO5S/c1-17-5-4-6-21(13-17)36(33,34)30-16-20(9-12-26(31)27(2,3)32)35-25-11-7-18(14-24(25)30)22-15-19(28)8-10-23(22)29/h4-8,10-11,13-15,20,32H,9,12,16H2,1-3H3/t20-/m0/s1. The van der Waals surface area contributed by atoms with Crippen molar-refractivity contribution in [1.82, 2.24) is 0 Å². The lowest BCUT2D eigenvalue weighted by Gasteiger charge is -2.36. The van der Waals surface area contributed by atoms with Crippen LogP contribution in [-0.2, 0) is 14.8 Å². The molecule has 190 valence electrons. The monoisotopic (exact) mass is 515 g/mol. The third kappa shape index (κ3) is 5.27. The summed E-state index contributed by atoms with van der Waals surface area (Å²) in [6.07, 6.45) is -0.489. The van der Waals surface area contributed by atoms with Gasteiger partial charge in [0.1, 0.15) is 29.1 Å². The van der Waals surface area contributed by atoms with Crippen LogP contribution in [0.15, 0.2) is 65.6 Å². The Morgan fingerprint density at radius 3 is 2.56 bits per heavy atom. The maximum Gasteiger partial charge on any atom is 0.264 e. The Morgan fingerprint density at radius 1 is 1.11 bits per heavy atom. The van der Waals surface area contributed by atoms with Crippen molar-refractivity contribution in [3.63, 3.8) is 0 Å². The van der Waals surface area contributed by atoms with Crippen LogP contribution in [0.2, 0.25) is 0 Å². The number of carbonyl (C=O) groups is 1. The molecule has 1 aliphatic heterocycles. The van der Waals surface area contributed by atoms with Gasteiger partial charge < -0.3 is 9.84 Å². The zero-order valence-electron chi connectivity index (χ0n) is 20.2. The lowest BCUT2D eigenvalue weighted by molar-refractivity contribution is -0.134. The fourth-order valence-corrected chi connectivity index (χ4v) is 5.68. The van der Waals surface area contributed by atoms with Crippen molar-refractivity contribution in [2.24, 2.45) is 0 Å². The predicted octanol–water partition coefficient (Wildman–Crippen LogP) is 5.02. The van der Waals surface area contributed by atoms with Crippen LogP contribution in [0.25, 0.3) is 11.1 Å². The zero-order chi connectivity index (χ0) is 26.3. The Bertz CT molecular complexity index is 1420. The quantitative estimate of drug-likeness (QED) is 0.478. The molecule has 0 amide bonds. The Kier molecular flexibility index (Phi) is 6.90. The molecule has 0 saturated carbocycles. The van der Waals surface area contributed by atoms with Gasteiger partial charge in [0.15, 0.2) is 5.78 Å². The largest absolute Gasteiger partial charge is 0.486 e. The van der Waals surface area contributed by atoms with E-state index in [1.54, 1.807) is 25.1 Å². The minimum absolute atomic E-state index is 0.00554. The Balaban J connectivity index is 1.77. The van der Waals surface area contributed by atoms with E-state index in [9.17, 15) is 27.1 Å². The number of rotatable bonds is 7. The maximum absolute atomic E-state index is 14.5. The van der Waals surface area contributed by atoms with Crippen molar-refractivity contribution >= 4 is 21.5 Å². The van der Waals surface area contributed by atoms with Gasteiger partial charge in [-0.2, -0.15) is 0 Å². The number of carbonyl (C=O) groups excluding carboxylic acids is 1. The Hall–Kier alpha value is -3.30. The number of aryl methyl sites for hydroxylation is 1. The van der Waals surface area contributed by atoms with Gasteiger partial charge in [-0.3, -0.25) is 9.10 Å². The summed E-state index contributed by atoms with van der Waals surface area (Å²) in [5.41, 5.74) is -0.294. The van der Waals surface area contributed by atoms with Gasteiger partial charge in [-0.1, -0.05) is 18.2 Å². The van der Waals surface area contributed by atoms with Crippen LogP contribution < -0.4 is 9.04 Å². The van der Waals surface area contributed by atoms with E-state index in [2.05, 4.69) is 0 Å². The molecule has 0 fully saturated rings. The maximum atomic E-state index is 14.5. The number of hydrogen-bond donors (Lipinski definition) is 1. The molecule has 0 saturated heterocycles. The lowest BCUT2D eigenvalue weighted by Crippen LogP contribution is -2.44. The number of Topliss-reactive ketones (excluding diaryl/α,β-unsaturated/α-hetero) is 1. The molecule has 3 aromatic rings. The molecule has 0 aromatic heterocycles. The van der Waals surface area contributed by atoms with Crippen LogP contribution in [0.3, 0.4) is 0 Å². The highest BCUT2D eigenvalue weighted by Gasteiger charge is 2.36. The van der Waals surface area contributed by atoms with Gasteiger partial charge in [0, 0.05) is 12.0 Å². The van der Waals surface area contributed by atoms with Crippen LogP contribution in [0.5, 0.6) is 5.75 Å². The molecule has 9 heteroatoms. The molecule has 0 aliphatic carbocycles. The fourth-order valence-electron chi connectivity index (χ4n) is 4.08. The molecular weight excluding hydrogens is 488 g/mol. The van der Waals surface area contributed by atoms with Gasteiger partial charge in [0.25, 0.3) is 10.0 Å². The number of ether oxygens (including phenoxy) is 1. The highest BCUT2D eigenvalue weighted by Crippen LogP contribution is 2.41. The summed E-state index contributed by atoms with van der Waals surface area (Å²) in [6.45, 7) is 4.47. The van der Waals surface area contributed by atoms with Crippen molar-refractivity contribution in [1.29, 1.82) is 0 Å². The summed E-state index contributed by atoms with van der Waals surface area (Å²) >= 11 is 0. The minimum Gasteiger partial charge on any atom is -0.486 e. The van der Waals surface area contributed by atoms with Crippen LogP contribution in [0.1, 0.15) is 32.3 Å². The zero-order valence-corrected chi connectivity index (χ0v) is 21.0. The highest BCUT2D eigenvalue weighted by molar-refractivity contribution is 7.92. The van der Waals surface area contributed by atoms with E-state index < -0.39 is 33.4 Å². The van der Waals surface area contributed by atoms with E-state index in [0.717, 1.165) is 23.8 Å². The first-order valence-corrected chi connectivity index (χ1v) is 12.9. The first-order chi connectivity index (χ1) is 16.9. The van der Waals surface area contributed by atoms with Crippen molar-refractivity contribution in [3.05, 3.63) is 77.9 Å². The highest BCUT2D eigenvalue weighted by atomic mass is 32.2. The second kappa shape index (κ2) is 9.63. The van der Waals surface area contributed by atoms with Crippen LogP contribution in [0, 0.1) is 18.6 Å². The molecule has 36 heavy (non-hydrogen) atoms. The number of benzene rings is 3. The Morgan fingerprint density at radius 2 is 1.86 bits per heavy atom. The first-order valence-electron chi connectivity index (χ1n) is 11.5. The number of aliphatic hydroxyl groups is 1. The molecule has 1 aliphatic rings. The van der Waals surface area contributed by atoms with Gasteiger partial charge in [-0.15, -0.1) is 0 Å². The SMILES string of the molecule is Cc1cccc(S(=O)(=O)N2C[C@H](CCC(=O)C(C)(C)O)Oc3ccc(-c4cc(F)ccc4F)cc32)c1. The number of nitrogens with zero attached hydrogens (tertiary/aromatic N) is 1. The van der Waals surface area contributed by atoms with Gasteiger partial charge in [-0.05, 0) is 80.8 Å². The van der Waals surface area contributed by atoms with Gasteiger partial charge in [0.05, 0.1) is 17.1 Å². The number of anilines is 1. The van der Waals surface area contributed by atoms with Crippen LogP contribution in [0.4, 0.5) is 14.5 Å². The van der Waals surface area contributed by atoms with Gasteiger partial charge in [-0.25, -0.2) is 17.2 Å². The molecule has 0 spiro atoms. The average molecular weight is 516 g/mol. The number of fused-ring (bicyclic) bond motifs is 1. The lowest BCUT2D eigenvalue weighted by atomic mass is 9.97. The molecule has 1 N–H and O–H groups in total. The normalized spacial score (nSPS) is 15.8. The van der Waals surface area contributed by atoms with E-state index in [-0.39, 0.29) is 52.6 Å². The topological polar surface area (TPSA) is 83.9 Å². The van der Waals surface area contributed by atoms with Gasteiger partial charge >= 0.3 is 0 Å². The van der Waals surface area contributed by atoms with Crippen LogP contribution in [-0.4, -0.2) is 37.6 Å². The summed E-state index contributed by atoms with van der Waals surface area (Å²) in [5, 5.41) is 9.96. The molecule has 0 radical (unpaired) electrons. The molecule has 1 atom stereocenters. The second-order valence-corrected chi connectivity index (χ2v) is 11.3. The van der Waals surface area contributed by atoms with Crippen molar-refractivity contribution < 1.29 is 31.8 Å². The van der Waals surface area contributed by atoms with E-state index in [1.165, 1.54) is 42.4 Å². The first kappa shape index (κ1) is 25.8. The second-order valence-electron chi connectivity index (χ2n) is 9.42. The third-order valence-electron chi connectivity index (χ3n) is 6.08. The third-order valence-corrected chi connectivity index (χ3v) is 7.86. The molecule has 4 rings (SSSR count). The van der Waals surface area contributed by atoms with E-state index in [4.69, 9.17) is 4.74 Å². The van der Waals surface area contributed by atoms with E-state index in [0.29, 0.717) is 0 Å². The van der Waals surface area contributed by atoms with Crippen LogP contribution >= 0.6 is 0 Å². The molecule has 3 aromatic carbocycles. The predicted molar refractivity (Wildman–Crippen MR) is 132 cm³/mol. The number of sulfonamides is 1. The smallest absolute Gasteiger partial charge is 0.264 e. The summed E-state index contributed by atoms with van der Waals surface area (Å²) in [7, 11) is -4.06.